The molecule has 0 bridgehead atoms. The number of nitrogens with one attached hydrogen (secondary N) is 1. The van der Waals surface area contributed by atoms with Crippen molar-refractivity contribution in [1.82, 2.24) is 15.0 Å². The number of piperidine rings is 1. The molecule has 170 valence electrons. The highest BCUT2D eigenvalue weighted by Gasteiger charge is 2.36. The first kappa shape index (κ1) is 22.8. The SMILES string of the molecule is CC(C)(O)C(C)(C)OSc1ccc2nc(NC3CCN(c4cccnc4)CC3)ncc2c1. The number of fused-ring (bicyclic) bond motifs is 1. The van der Waals surface area contributed by atoms with Crippen LogP contribution in [0.4, 0.5) is 11.6 Å². The maximum Gasteiger partial charge on any atom is 0.223 e. The number of pyridine rings is 1. The van der Waals surface area contributed by atoms with Gasteiger partial charge in [-0.2, -0.15) is 0 Å². The number of benzene rings is 1. The molecule has 1 saturated heterocycles. The Balaban J connectivity index is 1.36. The summed E-state index contributed by atoms with van der Waals surface area (Å²) in [5, 5.41) is 14.7. The van der Waals surface area contributed by atoms with Crippen molar-refractivity contribution in [3.63, 3.8) is 0 Å². The van der Waals surface area contributed by atoms with E-state index in [1.807, 2.05) is 50.5 Å². The van der Waals surface area contributed by atoms with Crippen LogP contribution < -0.4 is 10.2 Å². The maximum atomic E-state index is 10.3. The van der Waals surface area contributed by atoms with Crippen LogP contribution in [-0.2, 0) is 4.18 Å². The van der Waals surface area contributed by atoms with Crippen molar-refractivity contribution in [2.24, 2.45) is 0 Å². The normalized spacial score (nSPS) is 15.8. The molecule has 1 aromatic carbocycles. The topological polar surface area (TPSA) is 83.4 Å². The third-order valence-electron chi connectivity index (χ3n) is 6.21. The Morgan fingerprint density at radius 3 is 2.59 bits per heavy atom. The molecule has 0 amide bonds. The van der Waals surface area contributed by atoms with Gasteiger partial charge in [0.05, 0.1) is 23.0 Å². The van der Waals surface area contributed by atoms with E-state index in [0.717, 1.165) is 41.7 Å². The Morgan fingerprint density at radius 2 is 1.91 bits per heavy atom. The first-order valence-electron chi connectivity index (χ1n) is 11.0. The maximum absolute atomic E-state index is 10.3. The van der Waals surface area contributed by atoms with Crippen LogP contribution in [0.3, 0.4) is 0 Å². The molecule has 8 heteroatoms. The molecule has 0 saturated carbocycles. The van der Waals surface area contributed by atoms with Gasteiger partial charge in [-0.3, -0.25) is 4.98 Å². The van der Waals surface area contributed by atoms with E-state index in [-0.39, 0.29) is 0 Å². The fourth-order valence-corrected chi connectivity index (χ4v) is 4.20. The smallest absolute Gasteiger partial charge is 0.223 e. The Hall–Kier alpha value is -2.42. The molecule has 1 aliphatic rings. The highest BCUT2D eigenvalue weighted by atomic mass is 32.2. The van der Waals surface area contributed by atoms with Gasteiger partial charge in [0.1, 0.15) is 5.60 Å². The lowest BCUT2D eigenvalue weighted by Crippen LogP contribution is -2.45. The number of aliphatic hydroxyl groups is 1. The van der Waals surface area contributed by atoms with Crippen LogP contribution in [0.15, 0.2) is 53.8 Å². The van der Waals surface area contributed by atoms with Crippen molar-refractivity contribution in [1.29, 1.82) is 0 Å². The molecule has 0 aliphatic carbocycles. The Labute approximate surface area is 193 Å². The van der Waals surface area contributed by atoms with Gasteiger partial charge in [-0.1, -0.05) is 0 Å². The minimum atomic E-state index is -0.950. The van der Waals surface area contributed by atoms with Gasteiger partial charge in [0.2, 0.25) is 5.95 Å². The summed E-state index contributed by atoms with van der Waals surface area (Å²) in [6.45, 7) is 9.22. The van der Waals surface area contributed by atoms with E-state index in [2.05, 4.69) is 26.3 Å². The van der Waals surface area contributed by atoms with Gasteiger partial charge < -0.3 is 19.5 Å². The lowest BCUT2D eigenvalue weighted by atomic mass is 9.90. The van der Waals surface area contributed by atoms with Crippen LogP contribution >= 0.6 is 12.0 Å². The monoisotopic (exact) mass is 453 g/mol. The van der Waals surface area contributed by atoms with E-state index in [1.54, 1.807) is 20.0 Å². The summed E-state index contributed by atoms with van der Waals surface area (Å²) in [6, 6.07) is 10.4. The molecular weight excluding hydrogens is 422 g/mol. The summed E-state index contributed by atoms with van der Waals surface area (Å²) in [6.07, 6.45) is 7.63. The zero-order chi connectivity index (χ0) is 22.8. The number of hydrogen-bond donors (Lipinski definition) is 2. The summed E-state index contributed by atoms with van der Waals surface area (Å²) >= 11 is 1.26. The predicted octanol–water partition coefficient (Wildman–Crippen LogP) is 4.68. The molecule has 0 atom stereocenters. The van der Waals surface area contributed by atoms with Crippen molar-refractivity contribution in [3.8, 4) is 0 Å². The summed E-state index contributed by atoms with van der Waals surface area (Å²) in [4.78, 5) is 16.8. The fourth-order valence-electron chi connectivity index (χ4n) is 3.39. The molecule has 0 radical (unpaired) electrons. The van der Waals surface area contributed by atoms with Crippen molar-refractivity contribution >= 4 is 34.6 Å². The fraction of sp³-hybridized carbons (Fsp3) is 0.458. The molecule has 3 heterocycles. The third kappa shape index (κ3) is 5.31. The lowest BCUT2D eigenvalue weighted by molar-refractivity contribution is -0.0813. The minimum Gasteiger partial charge on any atom is -0.387 e. The zero-order valence-electron chi connectivity index (χ0n) is 19.1. The van der Waals surface area contributed by atoms with Crippen molar-refractivity contribution in [2.75, 3.05) is 23.3 Å². The lowest BCUT2D eigenvalue weighted by Gasteiger charge is -2.35. The van der Waals surface area contributed by atoms with Gasteiger partial charge in [-0.15, -0.1) is 0 Å². The number of hydrogen-bond acceptors (Lipinski definition) is 8. The minimum absolute atomic E-state index is 0.354. The second-order valence-corrected chi connectivity index (χ2v) is 10.1. The Bertz CT molecular complexity index is 1050. The van der Waals surface area contributed by atoms with Crippen LogP contribution in [0.2, 0.25) is 0 Å². The summed E-state index contributed by atoms with van der Waals surface area (Å²) < 4.78 is 5.90. The average molecular weight is 454 g/mol. The molecule has 0 spiro atoms. The molecule has 3 aromatic rings. The highest BCUT2D eigenvalue weighted by Crippen LogP contribution is 2.34. The van der Waals surface area contributed by atoms with Crippen LogP contribution in [0.5, 0.6) is 0 Å². The molecule has 1 fully saturated rings. The van der Waals surface area contributed by atoms with Gasteiger partial charge in [-0.25, -0.2) is 9.97 Å². The highest BCUT2D eigenvalue weighted by molar-refractivity contribution is 7.94. The standard InChI is InChI=1S/C24H31N5O2S/c1-23(2,30)24(3,4)31-32-20-7-8-21-17(14-20)15-26-22(28-21)27-18-9-12-29(13-10-18)19-6-5-11-25-16-19/h5-8,11,14-16,18,30H,9-10,12-13H2,1-4H3,(H,26,27,28). The van der Waals surface area contributed by atoms with E-state index in [1.165, 1.54) is 17.7 Å². The molecule has 4 rings (SSSR count). The number of anilines is 2. The summed E-state index contributed by atoms with van der Waals surface area (Å²) in [7, 11) is 0. The van der Waals surface area contributed by atoms with Gasteiger partial charge in [-0.05, 0) is 70.9 Å². The van der Waals surface area contributed by atoms with Crippen molar-refractivity contribution < 1.29 is 9.29 Å². The van der Waals surface area contributed by atoms with E-state index in [0.29, 0.717) is 12.0 Å². The number of rotatable bonds is 7. The van der Waals surface area contributed by atoms with Gasteiger partial charge >= 0.3 is 0 Å². The Kier molecular flexibility index (Phi) is 6.55. The third-order valence-corrected chi connectivity index (χ3v) is 7.16. The summed E-state index contributed by atoms with van der Waals surface area (Å²) in [5.74, 6) is 0.664. The van der Waals surface area contributed by atoms with E-state index in [9.17, 15) is 5.11 Å². The second-order valence-electron chi connectivity index (χ2n) is 9.27. The molecule has 2 N–H and O–H groups in total. The van der Waals surface area contributed by atoms with Crippen molar-refractivity contribution in [2.45, 2.75) is 62.7 Å². The van der Waals surface area contributed by atoms with E-state index >= 15 is 0 Å². The average Bonchev–Trinajstić information content (AvgIpc) is 2.78. The molecule has 1 aliphatic heterocycles. The summed E-state index contributed by atoms with van der Waals surface area (Å²) in [5.41, 5.74) is 0.427. The van der Waals surface area contributed by atoms with Crippen LogP contribution in [0, 0.1) is 0 Å². The number of nitrogens with zero attached hydrogens (tertiary/aromatic N) is 4. The molecule has 2 aromatic heterocycles. The number of aromatic nitrogens is 3. The second kappa shape index (κ2) is 9.21. The molecule has 0 unspecified atom stereocenters. The largest absolute Gasteiger partial charge is 0.387 e. The predicted molar refractivity (Wildman–Crippen MR) is 130 cm³/mol. The molecule has 32 heavy (non-hydrogen) atoms. The molecule has 7 nitrogen and oxygen atoms in total. The van der Waals surface area contributed by atoms with Gasteiger partial charge in [0, 0.05) is 53.8 Å². The van der Waals surface area contributed by atoms with Crippen LogP contribution in [-0.4, -0.2) is 50.4 Å². The zero-order valence-corrected chi connectivity index (χ0v) is 19.9. The first-order chi connectivity index (χ1) is 15.2. The van der Waals surface area contributed by atoms with Gasteiger partial charge in [0.15, 0.2) is 0 Å². The van der Waals surface area contributed by atoms with E-state index < -0.39 is 11.2 Å². The van der Waals surface area contributed by atoms with E-state index in [4.69, 9.17) is 9.17 Å². The van der Waals surface area contributed by atoms with Crippen molar-refractivity contribution in [3.05, 3.63) is 48.9 Å². The van der Waals surface area contributed by atoms with Crippen LogP contribution in [0.1, 0.15) is 40.5 Å². The van der Waals surface area contributed by atoms with Gasteiger partial charge in [0.25, 0.3) is 0 Å². The first-order valence-corrected chi connectivity index (χ1v) is 11.7. The molecular formula is C24H31N5O2S. The Morgan fingerprint density at radius 1 is 1.12 bits per heavy atom. The van der Waals surface area contributed by atoms with Crippen LogP contribution in [0.25, 0.3) is 10.9 Å². The quantitative estimate of drug-likeness (QED) is 0.499.